The minimum Gasteiger partial charge on any atom is -0.353 e. The van der Waals surface area contributed by atoms with Crippen molar-refractivity contribution in [3.05, 3.63) is 101 Å². The molecule has 0 radical (unpaired) electrons. The van der Waals surface area contributed by atoms with Gasteiger partial charge in [0.2, 0.25) is 16.0 Å². The van der Waals surface area contributed by atoms with Crippen LogP contribution in [-0.4, -0.2) is 59.4 Å². The molecule has 1 atom stereocenters. The summed E-state index contributed by atoms with van der Waals surface area (Å²) in [5.41, 5.74) is 2.15. The van der Waals surface area contributed by atoms with E-state index in [2.05, 4.69) is 19.5 Å². The summed E-state index contributed by atoms with van der Waals surface area (Å²) in [4.78, 5) is -0.0920. The summed E-state index contributed by atoms with van der Waals surface area (Å²) in [7, 11) is -6.49. The largest absolute Gasteiger partial charge is 0.353 e. The van der Waals surface area contributed by atoms with Crippen LogP contribution in [0.3, 0.4) is 0 Å². The van der Waals surface area contributed by atoms with Gasteiger partial charge in [0.15, 0.2) is 0 Å². The molecule has 0 spiro atoms. The maximum atomic E-state index is 13.6. The fourth-order valence-corrected chi connectivity index (χ4v) is 5.48. The first kappa shape index (κ1) is 27.7. The van der Waals surface area contributed by atoms with E-state index in [0.29, 0.717) is 16.3 Å². The highest BCUT2D eigenvalue weighted by Gasteiger charge is 2.32. The standard InChI is InChI=1S/C25H25ClFN5O4S2/c1-28-37(33,34)16-15-29-25(31-38(35,36)22-13-9-20(26)10-14-22)32-17-23(18-5-3-2-4-6-18)24(30-32)19-7-11-21(27)12-8-19/h2-14,23,28H,15-17H2,1H3,(H,29,31)/t23-/m0/s1. The van der Waals surface area contributed by atoms with Gasteiger partial charge in [0.1, 0.15) is 5.82 Å². The summed E-state index contributed by atoms with van der Waals surface area (Å²) in [6.07, 6.45) is 0. The second-order valence-electron chi connectivity index (χ2n) is 8.33. The van der Waals surface area contributed by atoms with Gasteiger partial charge < -0.3 is 5.32 Å². The molecule has 3 aromatic carbocycles. The molecular formula is C25H25ClFN5O4S2. The van der Waals surface area contributed by atoms with Crippen molar-refractivity contribution in [1.82, 2.24) is 15.0 Å². The molecule has 0 saturated heterocycles. The molecule has 0 bridgehead atoms. The Bertz CT molecular complexity index is 1550. The van der Waals surface area contributed by atoms with Crippen LogP contribution in [0.1, 0.15) is 17.0 Å². The van der Waals surface area contributed by atoms with Crippen molar-refractivity contribution in [2.45, 2.75) is 10.8 Å². The van der Waals surface area contributed by atoms with Crippen molar-refractivity contribution in [2.75, 3.05) is 25.9 Å². The Morgan fingerprint density at radius 2 is 1.68 bits per heavy atom. The van der Waals surface area contributed by atoms with Crippen LogP contribution in [0.4, 0.5) is 4.39 Å². The molecule has 1 aliphatic heterocycles. The zero-order chi connectivity index (χ0) is 27.3. The van der Waals surface area contributed by atoms with Gasteiger partial charge in [0, 0.05) is 17.5 Å². The lowest BCUT2D eigenvalue weighted by Crippen LogP contribution is -2.41. The number of nitrogens with one attached hydrogen (secondary N) is 2. The molecule has 0 aromatic heterocycles. The van der Waals surface area contributed by atoms with Crippen molar-refractivity contribution in [3.8, 4) is 0 Å². The first-order valence-electron chi connectivity index (χ1n) is 11.5. The minimum atomic E-state index is -4.21. The van der Waals surface area contributed by atoms with Gasteiger partial charge >= 0.3 is 0 Å². The fraction of sp³-hybridized carbons (Fsp3) is 0.200. The predicted molar refractivity (Wildman–Crippen MR) is 146 cm³/mol. The van der Waals surface area contributed by atoms with Gasteiger partial charge in [-0.15, -0.1) is 4.40 Å². The first-order chi connectivity index (χ1) is 18.1. The van der Waals surface area contributed by atoms with E-state index in [9.17, 15) is 21.2 Å². The van der Waals surface area contributed by atoms with Gasteiger partial charge in [-0.25, -0.2) is 22.5 Å². The summed E-state index contributed by atoms with van der Waals surface area (Å²) in [6, 6.07) is 20.8. The van der Waals surface area contributed by atoms with Crippen LogP contribution in [0.5, 0.6) is 0 Å². The molecule has 0 amide bonds. The number of nitrogens with zero attached hydrogens (tertiary/aromatic N) is 3. The third kappa shape index (κ3) is 6.76. The van der Waals surface area contributed by atoms with Gasteiger partial charge in [0.25, 0.3) is 10.0 Å². The number of hydrogen-bond acceptors (Lipinski definition) is 5. The highest BCUT2D eigenvalue weighted by Crippen LogP contribution is 2.29. The van der Waals surface area contributed by atoms with E-state index in [1.807, 2.05) is 30.3 Å². The third-order valence-electron chi connectivity index (χ3n) is 5.78. The molecule has 2 N–H and O–H groups in total. The lowest BCUT2D eigenvalue weighted by atomic mass is 9.91. The Morgan fingerprint density at radius 3 is 2.32 bits per heavy atom. The molecule has 200 valence electrons. The average Bonchev–Trinajstić information content (AvgIpc) is 3.35. The van der Waals surface area contributed by atoms with E-state index in [1.165, 1.54) is 48.5 Å². The molecule has 0 saturated carbocycles. The summed E-state index contributed by atoms with van der Waals surface area (Å²) in [5.74, 6) is -1.17. The third-order valence-corrected chi connectivity index (χ3v) is 8.68. The summed E-state index contributed by atoms with van der Waals surface area (Å²) < 4.78 is 70.0. The molecule has 0 fully saturated rings. The number of sulfonamides is 2. The van der Waals surface area contributed by atoms with Crippen LogP contribution in [0, 0.1) is 5.82 Å². The van der Waals surface area contributed by atoms with Gasteiger partial charge in [-0.3, -0.25) is 0 Å². The van der Waals surface area contributed by atoms with E-state index < -0.39 is 25.9 Å². The predicted octanol–water partition coefficient (Wildman–Crippen LogP) is 3.17. The van der Waals surface area contributed by atoms with E-state index in [1.54, 1.807) is 12.1 Å². The van der Waals surface area contributed by atoms with Gasteiger partial charge in [0.05, 0.1) is 22.9 Å². The smallest absolute Gasteiger partial charge is 0.285 e. The van der Waals surface area contributed by atoms with Crippen molar-refractivity contribution in [3.63, 3.8) is 0 Å². The Hall–Kier alpha value is -3.32. The molecule has 0 unspecified atom stereocenters. The zero-order valence-electron chi connectivity index (χ0n) is 20.3. The second kappa shape index (κ2) is 11.6. The number of halogens is 2. The normalized spacial score (nSPS) is 16.4. The van der Waals surface area contributed by atoms with Crippen LogP contribution in [0.15, 0.2) is 93.3 Å². The van der Waals surface area contributed by atoms with E-state index in [0.717, 1.165) is 5.56 Å². The number of rotatable bonds is 8. The molecule has 38 heavy (non-hydrogen) atoms. The van der Waals surface area contributed by atoms with E-state index in [4.69, 9.17) is 11.6 Å². The first-order valence-corrected chi connectivity index (χ1v) is 15.0. The van der Waals surface area contributed by atoms with Crippen molar-refractivity contribution < 1.29 is 21.2 Å². The van der Waals surface area contributed by atoms with Crippen molar-refractivity contribution in [1.29, 1.82) is 0 Å². The molecular weight excluding hydrogens is 553 g/mol. The Kier molecular flexibility index (Phi) is 8.46. The molecule has 0 aliphatic carbocycles. The van der Waals surface area contributed by atoms with Gasteiger partial charge in [-0.05, 0) is 54.6 Å². The average molecular weight is 578 g/mol. The monoisotopic (exact) mass is 577 g/mol. The van der Waals surface area contributed by atoms with E-state index in [-0.39, 0.29) is 35.6 Å². The maximum absolute atomic E-state index is 13.6. The van der Waals surface area contributed by atoms with E-state index >= 15 is 0 Å². The minimum absolute atomic E-state index is 0.0920. The summed E-state index contributed by atoms with van der Waals surface area (Å²) in [6.45, 7) is 0.0729. The number of benzene rings is 3. The van der Waals surface area contributed by atoms with Crippen molar-refractivity contribution in [2.24, 2.45) is 9.50 Å². The summed E-state index contributed by atoms with van der Waals surface area (Å²) in [5, 5.41) is 9.23. The highest BCUT2D eigenvalue weighted by molar-refractivity contribution is 7.90. The zero-order valence-corrected chi connectivity index (χ0v) is 22.6. The van der Waals surface area contributed by atoms with Crippen LogP contribution in [0.25, 0.3) is 0 Å². The quantitative estimate of drug-likeness (QED) is 0.313. The SMILES string of the molecule is CNS(=O)(=O)CCN/C(=N\S(=O)(=O)c1ccc(Cl)cc1)N1C[C@@H](c2ccccc2)C(c2ccc(F)cc2)=N1. The van der Waals surface area contributed by atoms with Crippen LogP contribution in [-0.2, 0) is 20.0 Å². The lowest BCUT2D eigenvalue weighted by Gasteiger charge is -2.19. The second-order valence-corrected chi connectivity index (χ2v) is 12.4. The van der Waals surface area contributed by atoms with Gasteiger partial charge in [-0.2, -0.15) is 13.5 Å². The molecule has 1 aliphatic rings. The number of guanidine groups is 1. The van der Waals surface area contributed by atoms with Crippen molar-refractivity contribution >= 4 is 43.3 Å². The Morgan fingerprint density at radius 1 is 1.03 bits per heavy atom. The Balaban J connectivity index is 1.75. The van der Waals surface area contributed by atoms with Gasteiger partial charge in [-0.1, -0.05) is 54.1 Å². The molecule has 1 heterocycles. The number of hydrogen-bond donors (Lipinski definition) is 2. The highest BCUT2D eigenvalue weighted by atomic mass is 35.5. The number of hydrazone groups is 1. The molecule has 9 nitrogen and oxygen atoms in total. The maximum Gasteiger partial charge on any atom is 0.285 e. The molecule has 4 rings (SSSR count). The van der Waals surface area contributed by atoms with Crippen LogP contribution < -0.4 is 10.0 Å². The van der Waals surface area contributed by atoms with Crippen LogP contribution >= 0.6 is 11.6 Å². The van der Waals surface area contributed by atoms with Crippen LogP contribution in [0.2, 0.25) is 5.02 Å². The lowest BCUT2D eigenvalue weighted by molar-refractivity contribution is 0.456. The summed E-state index contributed by atoms with van der Waals surface area (Å²) >= 11 is 5.90. The molecule has 3 aromatic rings. The Labute approximate surface area is 226 Å². The fourth-order valence-electron chi connectivity index (χ4n) is 3.81. The molecule has 13 heteroatoms. The topological polar surface area (TPSA) is 120 Å².